The van der Waals surface area contributed by atoms with Crippen molar-refractivity contribution in [3.05, 3.63) is 35.9 Å². The largest absolute Gasteiger partial charge is 0.481 e. The number of ether oxygens (including phenoxy) is 1. The van der Waals surface area contributed by atoms with E-state index in [0.717, 1.165) is 25.7 Å². The van der Waals surface area contributed by atoms with E-state index >= 15 is 0 Å². The van der Waals surface area contributed by atoms with Crippen LogP contribution in [-0.4, -0.2) is 54.4 Å². The molecule has 1 aliphatic carbocycles. The first kappa shape index (κ1) is 18.7. The average molecular weight is 360 g/mol. The number of urea groups is 1. The van der Waals surface area contributed by atoms with E-state index in [0.29, 0.717) is 25.4 Å². The predicted molar refractivity (Wildman–Crippen MR) is 98.1 cm³/mol. The summed E-state index contributed by atoms with van der Waals surface area (Å²) < 4.78 is 5.81. The Morgan fingerprint density at radius 2 is 1.92 bits per heavy atom. The van der Waals surface area contributed by atoms with Crippen LogP contribution in [0.25, 0.3) is 0 Å². The third-order valence-electron chi connectivity index (χ3n) is 5.99. The first-order chi connectivity index (χ1) is 12.5. The molecule has 6 heteroatoms. The van der Waals surface area contributed by atoms with Gasteiger partial charge in [-0.1, -0.05) is 30.3 Å². The van der Waals surface area contributed by atoms with Crippen LogP contribution in [0.4, 0.5) is 4.79 Å². The molecule has 1 saturated carbocycles. The molecule has 1 aromatic rings. The second kappa shape index (κ2) is 8.08. The monoisotopic (exact) mass is 360 g/mol. The fraction of sp³-hybridized carbons (Fsp3) is 0.600. The van der Waals surface area contributed by atoms with Crippen LogP contribution in [0.3, 0.4) is 0 Å². The van der Waals surface area contributed by atoms with Crippen LogP contribution in [0.1, 0.15) is 43.6 Å². The van der Waals surface area contributed by atoms with Gasteiger partial charge in [-0.05, 0) is 43.6 Å². The molecule has 0 radical (unpaired) electrons. The lowest BCUT2D eigenvalue weighted by Gasteiger charge is -2.39. The van der Waals surface area contributed by atoms with Gasteiger partial charge in [0.25, 0.3) is 0 Å². The van der Waals surface area contributed by atoms with Crippen LogP contribution in [0.5, 0.6) is 0 Å². The molecule has 1 saturated heterocycles. The van der Waals surface area contributed by atoms with E-state index in [1.165, 1.54) is 5.56 Å². The third kappa shape index (κ3) is 4.18. The first-order valence-electron chi connectivity index (χ1n) is 9.39. The number of aliphatic carboxylic acids is 1. The van der Waals surface area contributed by atoms with E-state index in [2.05, 4.69) is 29.6 Å². The highest BCUT2D eigenvalue weighted by atomic mass is 16.5. The first-order valence-corrected chi connectivity index (χ1v) is 9.39. The summed E-state index contributed by atoms with van der Waals surface area (Å²) in [5.41, 5.74) is 1.05. The predicted octanol–water partition coefficient (Wildman–Crippen LogP) is 2.85. The maximum absolute atomic E-state index is 12.4. The summed E-state index contributed by atoms with van der Waals surface area (Å²) in [5.74, 6) is -0.726. The summed E-state index contributed by atoms with van der Waals surface area (Å²) in [7, 11) is 1.71. The van der Waals surface area contributed by atoms with E-state index < -0.39 is 11.9 Å². The maximum atomic E-state index is 12.4. The van der Waals surface area contributed by atoms with Gasteiger partial charge in [0.15, 0.2) is 0 Å². The van der Waals surface area contributed by atoms with Crippen molar-refractivity contribution in [3.63, 3.8) is 0 Å². The van der Waals surface area contributed by atoms with E-state index in [9.17, 15) is 9.59 Å². The molecule has 6 nitrogen and oxygen atoms in total. The number of rotatable bonds is 5. The second-order valence-corrected chi connectivity index (χ2v) is 7.50. The van der Waals surface area contributed by atoms with Crippen molar-refractivity contribution in [1.29, 1.82) is 0 Å². The lowest BCUT2D eigenvalue weighted by Crippen LogP contribution is -2.49. The van der Waals surface area contributed by atoms with Crippen LogP contribution in [0.15, 0.2) is 30.3 Å². The van der Waals surface area contributed by atoms with Gasteiger partial charge in [0, 0.05) is 26.7 Å². The number of benzene rings is 1. The molecule has 2 amide bonds. The van der Waals surface area contributed by atoms with E-state index in [1.54, 1.807) is 12.0 Å². The summed E-state index contributed by atoms with van der Waals surface area (Å²) in [6, 6.07) is 10.4. The summed E-state index contributed by atoms with van der Waals surface area (Å²) in [4.78, 5) is 25.0. The summed E-state index contributed by atoms with van der Waals surface area (Å²) in [6.45, 7) is 1.26. The van der Waals surface area contributed by atoms with Crippen LogP contribution >= 0.6 is 0 Å². The van der Waals surface area contributed by atoms with Crippen molar-refractivity contribution in [1.82, 2.24) is 10.2 Å². The third-order valence-corrected chi connectivity index (χ3v) is 5.99. The maximum Gasteiger partial charge on any atom is 0.317 e. The van der Waals surface area contributed by atoms with E-state index in [1.807, 2.05) is 6.07 Å². The zero-order valence-corrected chi connectivity index (χ0v) is 15.3. The van der Waals surface area contributed by atoms with Gasteiger partial charge in [0.2, 0.25) is 0 Å². The molecule has 2 N–H and O–H groups in total. The Labute approximate surface area is 154 Å². The zero-order chi connectivity index (χ0) is 18.6. The van der Waals surface area contributed by atoms with Crippen LogP contribution in [0.2, 0.25) is 0 Å². The Hall–Kier alpha value is -2.08. The van der Waals surface area contributed by atoms with Crippen molar-refractivity contribution in [3.8, 4) is 0 Å². The molecule has 142 valence electrons. The number of nitrogens with zero attached hydrogens (tertiary/aromatic N) is 1. The Bertz CT molecular complexity index is 626. The van der Waals surface area contributed by atoms with Gasteiger partial charge in [-0.3, -0.25) is 4.79 Å². The number of hydrogen-bond donors (Lipinski definition) is 2. The minimum atomic E-state index is -0.826. The molecule has 3 rings (SSSR count). The van der Waals surface area contributed by atoms with Gasteiger partial charge < -0.3 is 20.1 Å². The summed E-state index contributed by atoms with van der Waals surface area (Å²) in [6.07, 6.45) is 4.41. The Morgan fingerprint density at radius 1 is 1.23 bits per heavy atom. The highest BCUT2D eigenvalue weighted by Crippen LogP contribution is 2.39. The number of carbonyl (C=O) groups excluding carboxylic acids is 1. The summed E-state index contributed by atoms with van der Waals surface area (Å²) >= 11 is 0. The van der Waals surface area contributed by atoms with E-state index in [-0.39, 0.29) is 18.2 Å². The van der Waals surface area contributed by atoms with Gasteiger partial charge in [0.05, 0.1) is 11.5 Å². The normalized spacial score (nSPS) is 28.7. The van der Waals surface area contributed by atoms with Gasteiger partial charge in [-0.15, -0.1) is 0 Å². The van der Waals surface area contributed by atoms with Crippen LogP contribution in [-0.2, 0) is 9.53 Å². The lowest BCUT2D eigenvalue weighted by molar-refractivity contribution is -0.141. The summed E-state index contributed by atoms with van der Waals surface area (Å²) in [5, 5.41) is 12.0. The van der Waals surface area contributed by atoms with Crippen molar-refractivity contribution < 1.29 is 19.4 Å². The van der Waals surface area contributed by atoms with Gasteiger partial charge in [-0.25, -0.2) is 4.79 Å². The van der Waals surface area contributed by atoms with Gasteiger partial charge in [-0.2, -0.15) is 0 Å². The molecular weight excluding hydrogens is 332 g/mol. The Kier molecular flexibility index (Phi) is 5.81. The molecular formula is C20H28N2O4. The molecule has 2 aliphatic rings. The molecule has 1 aromatic carbocycles. The fourth-order valence-electron chi connectivity index (χ4n) is 4.15. The molecule has 0 aromatic heterocycles. The van der Waals surface area contributed by atoms with Crippen LogP contribution < -0.4 is 5.32 Å². The minimum Gasteiger partial charge on any atom is -0.481 e. The average Bonchev–Trinajstić information content (AvgIpc) is 3.18. The number of carbonyl (C=O) groups is 2. The zero-order valence-electron chi connectivity index (χ0n) is 15.3. The molecule has 1 heterocycles. The number of methoxy groups -OCH3 is 1. The lowest BCUT2D eigenvalue weighted by atomic mass is 9.76. The highest BCUT2D eigenvalue weighted by molar-refractivity contribution is 5.77. The number of amides is 2. The van der Waals surface area contributed by atoms with Crippen molar-refractivity contribution in [2.24, 2.45) is 5.92 Å². The Morgan fingerprint density at radius 3 is 2.50 bits per heavy atom. The number of hydrogen-bond acceptors (Lipinski definition) is 3. The molecule has 26 heavy (non-hydrogen) atoms. The van der Waals surface area contributed by atoms with Crippen LogP contribution in [0, 0.1) is 5.92 Å². The standard InChI is InChI=1S/C20H28N2O4/c1-26-20(10-7-16(8-11-20)15-5-3-2-4-6-15)14-21-19(25)22-12-9-17(13-22)18(23)24/h2-6,16-17H,7-14H2,1H3,(H,21,25)(H,23,24). The number of nitrogens with one attached hydrogen (secondary N) is 1. The van der Waals surface area contributed by atoms with Crippen molar-refractivity contribution in [2.75, 3.05) is 26.7 Å². The van der Waals surface area contributed by atoms with E-state index in [4.69, 9.17) is 9.84 Å². The SMILES string of the molecule is COC1(CNC(=O)N2CCC(C(=O)O)C2)CCC(c2ccccc2)CC1. The Balaban J connectivity index is 1.50. The van der Waals surface area contributed by atoms with Gasteiger partial charge >= 0.3 is 12.0 Å². The molecule has 1 aliphatic heterocycles. The molecule has 1 unspecified atom stereocenters. The minimum absolute atomic E-state index is 0.185. The molecule has 0 bridgehead atoms. The smallest absolute Gasteiger partial charge is 0.317 e. The molecule has 1 atom stereocenters. The highest BCUT2D eigenvalue weighted by Gasteiger charge is 2.37. The van der Waals surface area contributed by atoms with Crippen molar-refractivity contribution in [2.45, 2.75) is 43.6 Å². The van der Waals surface area contributed by atoms with Gasteiger partial charge in [0.1, 0.15) is 0 Å². The molecule has 0 spiro atoms. The number of carboxylic acid groups (broad SMARTS) is 1. The van der Waals surface area contributed by atoms with Crippen molar-refractivity contribution >= 4 is 12.0 Å². The quantitative estimate of drug-likeness (QED) is 0.846. The fourth-order valence-corrected chi connectivity index (χ4v) is 4.15. The molecule has 2 fully saturated rings. The number of likely N-dealkylation sites (tertiary alicyclic amines) is 1. The second-order valence-electron chi connectivity index (χ2n) is 7.50. The number of carboxylic acids is 1. The topological polar surface area (TPSA) is 78.9 Å².